The summed E-state index contributed by atoms with van der Waals surface area (Å²) in [6, 6.07) is 35.7. The van der Waals surface area contributed by atoms with Crippen LogP contribution in [-0.2, 0) is 31.2 Å². The maximum absolute atomic E-state index is 13.3. The van der Waals surface area contributed by atoms with Crippen molar-refractivity contribution in [3.63, 3.8) is 0 Å². The molecule has 0 amide bonds. The average molecular weight is 691 g/mol. The third-order valence-corrected chi connectivity index (χ3v) is 10.2. The zero-order chi connectivity index (χ0) is 35.5. The highest BCUT2D eigenvalue weighted by molar-refractivity contribution is 5.50. The molecule has 0 saturated carbocycles. The number of rotatable bonds is 12. The summed E-state index contributed by atoms with van der Waals surface area (Å²) in [5.41, 5.74) is -0.175. The summed E-state index contributed by atoms with van der Waals surface area (Å²) < 4.78 is 40.1. The molecule has 1 N–H and O–H groups in total. The van der Waals surface area contributed by atoms with Gasteiger partial charge in [-0.1, -0.05) is 84.9 Å². The van der Waals surface area contributed by atoms with Crippen LogP contribution in [0, 0.1) is 6.92 Å². The van der Waals surface area contributed by atoms with E-state index in [0.29, 0.717) is 43.1 Å². The Labute approximate surface area is 296 Å². The second kappa shape index (κ2) is 14.3. The number of aryl methyl sites for hydroxylation is 1. The smallest absolute Gasteiger partial charge is 0.330 e. The molecule has 2 aliphatic rings. The molecule has 264 valence electrons. The van der Waals surface area contributed by atoms with E-state index < -0.39 is 34.3 Å². The molecule has 0 unspecified atom stereocenters. The van der Waals surface area contributed by atoms with Crippen LogP contribution in [0.4, 0.5) is 0 Å². The highest BCUT2D eigenvalue weighted by Crippen LogP contribution is 2.53. The molecule has 51 heavy (non-hydrogen) atoms. The maximum Gasteiger partial charge on any atom is 0.330 e. The molecule has 10 nitrogen and oxygen atoms in total. The summed E-state index contributed by atoms with van der Waals surface area (Å²) in [5.74, 6) is 1.43. The van der Waals surface area contributed by atoms with Crippen molar-refractivity contribution in [1.82, 2.24) is 9.55 Å². The van der Waals surface area contributed by atoms with Crippen LogP contribution in [-0.4, -0.2) is 54.8 Å². The molecule has 0 spiro atoms. The molecule has 3 heterocycles. The Morgan fingerprint density at radius 3 is 2.02 bits per heavy atom. The van der Waals surface area contributed by atoms with Crippen molar-refractivity contribution in [3.05, 3.63) is 164 Å². The Bertz CT molecular complexity index is 2000. The van der Waals surface area contributed by atoms with Crippen molar-refractivity contribution >= 4 is 0 Å². The topological polar surface area (TPSA) is 110 Å². The standard InChI is InChI=1S/C41H42N2O8/c1-29-25-43(38(45)42-37(29)44)36-24-39(49-26-30-10-6-4-7-11-30)22-23-48-27-40(39,51-36)28-50-41(31-12-8-5-9-13-31,32-14-18-34(46-2)19-15-32)33-16-20-35(47-3)21-17-33/h4-21,25,36H,22-24,26-28H2,1-3H3,(H,42,44,45)/t36-,39-,40+/m1/s1. The van der Waals surface area contributed by atoms with Crippen LogP contribution in [0.25, 0.3) is 0 Å². The largest absolute Gasteiger partial charge is 0.497 e. The molecule has 1 aromatic heterocycles. The first kappa shape index (κ1) is 34.4. The summed E-state index contributed by atoms with van der Waals surface area (Å²) in [6.07, 6.45) is 1.62. The molecule has 7 rings (SSSR count). The minimum Gasteiger partial charge on any atom is -0.497 e. The molecular weight excluding hydrogens is 648 g/mol. The number of methoxy groups -OCH3 is 2. The second-order valence-corrected chi connectivity index (χ2v) is 13.1. The fourth-order valence-corrected chi connectivity index (χ4v) is 7.37. The first-order valence-electron chi connectivity index (χ1n) is 17.1. The van der Waals surface area contributed by atoms with Crippen LogP contribution >= 0.6 is 0 Å². The molecule has 0 bridgehead atoms. The molecule has 3 atom stereocenters. The minimum atomic E-state index is -1.16. The van der Waals surface area contributed by atoms with Crippen molar-refractivity contribution in [2.75, 3.05) is 34.0 Å². The van der Waals surface area contributed by atoms with Gasteiger partial charge in [0.25, 0.3) is 5.56 Å². The van der Waals surface area contributed by atoms with Gasteiger partial charge in [-0.25, -0.2) is 4.79 Å². The quantitative estimate of drug-likeness (QED) is 0.161. The number of nitrogens with one attached hydrogen (secondary N) is 1. The molecule has 10 heteroatoms. The first-order chi connectivity index (χ1) is 24.8. The molecule has 0 radical (unpaired) electrons. The van der Waals surface area contributed by atoms with Crippen LogP contribution in [0.1, 0.15) is 46.9 Å². The molecule has 0 aliphatic carbocycles. The fourth-order valence-electron chi connectivity index (χ4n) is 7.37. The van der Waals surface area contributed by atoms with Crippen molar-refractivity contribution in [1.29, 1.82) is 0 Å². The molecule has 2 fully saturated rings. The zero-order valence-corrected chi connectivity index (χ0v) is 29.0. The average Bonchev–Trinajstić information content (AvgIpc) is 3.52. The van der Waals surface area contributed by atoms with Gasteiger partial charge in [-0.05, 0) is 53.4 Å². The Hall–Kier alpha value is -5.00. The van der Waals surface area contributed by atoms with E-state index in [1.807, 2.05) is 109 Å². The van der Waals surface area contributed by atoms with E-state index in [9.17, 15) is 9.59 Å². The Kier molecular flexibility index (Phi) is 9.67. The third-order valence-electron chi connectivity index (χ3n) is 10.2. The van der Waals surface area contributed by atoms with Gasteiger partial charge < -0.3 is 28.4 Å². The van der Waals surface area contributed by atoms with Crippen LogP contribution in [0.3, 0.4) is 0 Å². The highest BCUT2D eigenvalue weighted by Gasteiger charge is 2.64. The maximum atomic E-state index is 13.3. The molecular formula is C41H42N2O8. The van der Waals surface area contributed by atoms with Crippen molar-refractivity contribution < 1.29 is 28.4 Å². The van der Waals surface area contributed by atoms with E-state index in [1.54, 1.807) is 27.3 Å². The van der Waals surface area contributed by atoms with Gasteiger partial charge in [0.15, 0.2) is 0 Å². The van der Waals surface area contributed by atoms with Crippen LogP contribution in [0.5, 0.6) is 11.5 Å². The van der Waals surface area contributed by atoms with E-state index in [1.165, 1.54) is 4.57 Å². The van der Waals surface area contributed by atoms with Crippen LogP contribution < -0.4 is 20.7 Å². The monoisotopic (exact) mass is 690 g/mol. The number of fused-ring (bicyclic) bond motifs is 1. The summed E-state index contributed by atoms with van der Waals surface area (Å²) in [7, 11) is 3.28. The van der Waals surface area contributed by atoms with Crippen molar-refractivity contribution in [2.45, 2.75) is 49.4 Å². The minimum absolute atomic E-state index is 0.0301. The van der Waals surface area contributed by atoms with E-state index >= 15 is 0 Å². The van der Waals surface area contributed by atoms with E-state index in [4.69, 9.17) is 28.4 Å². The Balaban J connectivity index is 1.37. The van der Waals surface area contributed by atoms with E-state index in [2.05, 4.69) is 4.98 Å². The normalized spacial score (nSPS) is 21.6. The lowest BCUT2D eigenvalue weighted by atomic mass is 9.77. The number of ether oxygens (including phenoxy) is 6. The number of aromatic nitrogens is 2. The predicted octanol–water partition coefficient (Wildman–Crippen LogP) is 5.90. The Morgan fingerprint density at radius 2 is 1.41 bits per heavy atom. The van der Waals surface area contributed by atoms with Gasteiger partial charge in [0, 0.05) is 31.2 Å². The van der Waals surface area contributed by atoms with E-state index in [0.717, 1.165) is 22.3 Å². The lowest BCUT2D eigenvalue weighted by Crippen LogP contribution is -2.62. The lowest BCUT2D eigenvalue weighted by Gasteiger charge is -2.48. The molecule has 2 aliphatic heterocycles. The summed E-state index contributed by atoms with van der Waals surface area (Å²) in [6.45, 7) is 2.61. The van der Waals surface area contributed by atoms with Crippen LogP contribution in [0.2, 0.25) is 0 Å². The van der Waals surface area contributed by atoms with Crippen molar-refractivity contribution in [3.8, 4) is 11.5 Å². The number of H-pyrrole nitrogens is 1. The van der Waals surface area contributed by atoms with Gasteiger partial charge in [-0.2, -0.15) is 0 Å². The lowest BCUT2D eigenvalue weighted by molar-refractivity contribution is -0.254. The van der Waals surface area contributed by atoms with E-state index in [-0.39, 0.29) is 13.2 Å². The van der Waals surface area contributed by atoms with Gasteiger partial charge in [-0.3, -0.25) is 14.3 Å². The second-order valence-electron chi connectivity index (χ2n) is 13.1. The molecule has 2 saturated heterocycles. The number of hydrogen-bond donors (Lipinski definition) is 1. The predicted molar refractivity (Wildman–Crippen MR) is 191 cm³/mol. The molecule has 4 aromatic carbocycles. The van der Waals surface area contributed by atoms with Gasteiger partial charge >= 0.3 is 5.69 Å². The number of hydrogen-bond acceptors (Lipinski definition) is 8. The SMILES string of the molecule is COc1ccc(C(OC[C@@]23COCC[C@@]2(OCc2ccccc2)C[C@H](n2cc(C)c(=O)[nH]c2=O)O3)(c2ccccc2)c2ccc(OC)cc2)cc1. The summed E-state index contributed by atoms with van der Waals surface area (Å²) in [5, 5.41) is 0. The van der Waals surface area contributed by atoms with Gasteiger partial charge in [-0.15, -0.1) is 0 Å². The zero-order valence-electron chi connectivity index (χ0n) is 29.0. The number of nitrogens with zero attached hydrogens (tertiary/aromatic N) is 1. The van der Waals surface area contributed by atoms with Crippen molar-refractivity contribution in [2.24, 2.45) is 0 Å². The summed E-state index contributed by atoms with van der Waals surface area (Å²) >= 11 is 0. The molecule has 5 aromatic rings. The highest BCUT2D eigenvalue weighted by atomic mass is 16.6. The van der Waals surface area contributed by atoms with Crippen LogP contribution in [0.15, 0.2) is 125 Å². The third kappa shape index (κ3) is 6.40. The number of aromatic amines is 1. The van der Waals surface area contributed by atoms with Gasteiger partial charge in [0.1, 0.15) is 34.5 Å². The van der Waals surface area contributed by atoms with Gasteiger partial charge in [0.05, 0.1) is 34.0 Å². The first-order valence-corrected chi connectivity index (χ1v) is 17.1. The fraction of sp³-hybridized carbons (Fsp3) is 0.317. The Morgan fingerprint density at radius 1 is 0.824 bits per heavy atom. The number of benzene rings is 4. The van der Waals surface area contributed by atoms with Gasteiger partial charge in [0.2, 0.25) is 0 Å². The summed E-state index contributed by atoms with van der Waals surface area (Å²) in [4.78, 5) is 28.0.